The molecule has 1 aromatic carbocycles. The van der Waals surface area contributed by atoms with E-state index in [-0.39, 0.29) is 36.2 Å². The topological polar surface area (TPSA) is 86.7 Å². The number of ketones is 2. The zero-order valence-electron chi connectivity index (χ0n) is 16.0. The molecule has 0 radical (unpaired) electrons. The van der Waals surface area contributed by atoms with Crippen molar-refractivity contribution in [2.45, 2.75) is 45.4 Å². The van der Waals surface area contributed by atoms with Crippen LogP contribution in [-0.4, -0.2) is 37.7 Å². The largest absolute Gasteiger partial charge is 0.468 e. The molecule has 0 atom stereocenters. The SMILES string of the molecule is COC(=O)C(CCC(=O)CC(=O)c1ccc(C(C)(C)C)cc1)C(=O)OC. The standard InChI is InChI=1S/C20H26O6/c1-20(2,3)14-8-6-13(7-9-14)17(22)12-15(21)10-11-16(18(23)25-4)19(24)26-5/h6-9,16H,10-12H2,1-5H3. The fraction of sp³-hybridized carbons (Fsp3) is 0.500. The molecule has 0 heterocycles. The van der Waals surface area contributed by atoms with Crippen molar-refractivity contribution in [3.63, 3.8) is 0 Å². The number of methoxy groups -OCH3 is 2. The van der Waals surface area contributed by atoms with E-state index in [4.69, 9.17) is 0 Å². The van der Waals surface area contributed by atoms with Crippen molar-refractivity contribution >= 4 is 23.5 Å². The van der Waals surface area contributed by atoms with Gasteiger partial charge in [-0.25, -0.2) is 0 Å². The molecule has 0 aromatic heterocycles. The maximum absolute atomic E-state index is 12.2. The summed E-state index contributed by atoms with van der Waals surface area (Å²) in [6.07, 6.45) is -0.404. The number of esters is 2. The molecular weight excluding hydrogens is 336 g/mol. The molecule has 6 heteroatoms. The lowest BCUT2D eigenvalue weighted by Crippen LogP contribution is -2.27. The first-order chi connectivity index (χ1) is 12.1. The zero-order valence-corrected chi connectivity index (χ0v) is 16.0. The average molecular weight is 362 g/mol. The van der Waals surface area contributed by atoms with Crippen LogP contribution >= 0.6 is 0 Å². The maximum atomic E-state index is 12.2. The quantitative estimate of drug-likeness (QED) is 0.401. The minimum absolute atomic E-state index is 0.0197. The van der Waals surface area contributed by atoms with Crippen LogP contribution in [0.2, 0.25) is 0 Å². The molecule has 0 N–H and O–H groups in total. The predicted molar refractivity (Wildman–Crippen MR) is 95.9 cm³/mol. The summed E-state index contributed by atoms with van der Waals surface area (Å²) < 4.78 is 9.08. The Bertz CT molecular complexity index is 651. The minimum Gasteiger partial charge on any atom is -0.468 e. The third-order valence-electron chi connectivity index (χ3n) is 4.11. The Morgan fingerprint density at radius 1 is 0.923 bits per heavy atom. The highest BCUT2D eigenvalue weighted by Crippen LogP contribution is 2.22. The van der Waals surface area contributed by atoms with E-state index in [2.05, 4.69) is 30.2 Å². The molecule has 1 rings (SSSR count). The number of hydrogen-bond donors (Lipinski definition) is 0. The van der Waals surface area contributed by atoms with E-state index in [0.717, 1.165) is 19.8 Å². The minimum atomic E-state index is -1.16. The van der Waals surface area contributed by atoms with E-state index in [1.54, 1.807) is 12.1 Å². The second-order valence-corrected chi connectivity index (χ2v) is 7.10. The highest BCUT2D eigenvalue weighted by molar-refractivity contribution is 6.08. The van der Waals surface area contributed by atoms with Crippen LogP contribution in [0.1, 0.15) is 56.0 Å². The monoisotopic (exact) mass is 362 g/mol. The first-order valence-corrected chi connectivity index (χ1v) is 8.41. The van der Waals surface area contributed by atoms with Crippen molar-refractivity contribution in [3.05, 3.63) is 35.4 Å². The summed E-state index contributed by atoms with van der Waals surface area (Å²) in [6, 6.07) is 7.17. The highest BCUT2D eigenvalue weighted by Gasteiger charge is 2.29. The number of carbonyl (C=O) groups is 4. The molecule has 1 aromatic rings. The zero-order chi connectivity index (χ0) is 19.9. The van der Waals surface area contributed by atoms with Crippen molar-refractivity contribution < 1.29 is 28.7 Å². The van der Waals surface area contributed by atoms with Crippen LogP contribution in [0.15, 0.2) is 24.3 Å². The third kappa shape index (κ3) is 6.10. The Morgan fingerprint density at radius 2 is 1.42 bits per heavy atom. The second-order valence-electron chi connectivity index (χ2n) is 7.10. The summed E-state index contributed by atoms with van der Waals surface area (Å²) in [5.41, 5.74) is 1.54. The van der Waals surface area contributed by atoms with Gasteiger partial charge in [-0.1, -0.05) is 45.0 Å². The molecule has 0 aliphatic carbocycles. The molecule has 0 fully saturated rings. The summed E-state index contributed by atoms with van der Waals surface area (Å²) >= 11 is 0. The van der Waals surface area contributed by atoms with Gasteiger partial charge in [-0.2, -0.15) is 0 Å². The summed E-state index contributed by atoms with van der Waals surface area (Å²) in [7, 11) is 2.32. The van der Waals surface area contributed by atoms with Gasteiger partial charge in [0.1, 0.15) is 5.78 Å². The Hall–Kier alpha value is -2.50. The van der Waals surface area contributed by atoms with Crippen molar-refractivity contribution in [1.29, 1.82) is 0 Å². The lowest BCUT2D eigenvalue weighted by molar-refractivity contribution is -0.159. The van der Waals surface area contributed by atoms with Crippen molar-refractivity contribution in [2.24, 2.45) is 5.92 Å². The first kappa shape index (κ1) is 21.5. The van der Waals surface area contributed by atoms with Gasteiger partial charge in [-0.3, -0.25) is 19.2 Å². The lowest BCUT2D eigenvalue weighted by Gasteiger charge is -2.18. The fourth-order valence-corrected chi connectivity index (χ4v) is 2.45. The van der Waals surface area contributed by atoms with Crippen LogP contribution in [0.3, 0.4) is 0 Å². The molecule has 26 heavy (non-hydrogen) atoms. The molecule has 142 valence electrons. The van der Waals surface area contributed by atoms with E-state index in [0.29, 0.717) is 5.56 Å². The van der Waals surface area contributed by atoms with Gasteiger partial charge in [0.15, 0.2) is 11.7 Å². The maximum Gasteiger partial charge on any atom is 0.320 e. The van der Waals surface area contributed by atoms with E-state index >= 15 is 0 Å². The van der Waals surface area contributed by atoms with Gasteiger partial charge in [-0.15, -0.1) is 0 Å². The number of Topliss-reactive ketones (excluding diaryl/α,β-unsaturated/α-hetero) is 2. The van der Waals surface area contributed by atoms with Gasteiger partial charge < -0.3 is 9.47 Å². The summed E-state index contributed by atoms with van der Waals surface area (Å²) in [5.74, 6) is -3.30. The van der Waals surface area contributed by atoms with Gasteiger partial charge in [-0.05, 0) is 17.4 Å². The second kappa shape index (κ2) is 9.27. The van der Waals surface area contributed by atoms with Gasteiger partial charge in [0.05, 0.1) is 20.6 Å². The van der Waals surface area contributed by atoms with Crippen LogP contribution in [0, 0.1) is 5.92 Å². The Morgan fingerprint density at radius 3 is 1.85 bits per heavy atom. The van der Waals surface area contributed by atoms with E-state index < -0.39 is 17.9 Å². The normalized spacial score (nSPS) is 11.2. The lowest BCUT2D eigenvalue weighted by atomic mass is 9.86. The number of carbonyl (C=O) groups excluding carboxylic acids is 4. The number of hydrogen-bond acceptors (Lipinski definition) is 6. The van der Waals surface area contributed by atoms with E-state index in [1.165, 1.54) is 0 Å². The molecule has 0 spiro atoms. The highest BCUT2D eigenvalue weighted by atomic mass is 16.5. The fourth-order valence-electron chi connectivity index (χ4n) is 2.45. The van der Waals surface area contributed by atoms with Crippen LogP contribution in [-0.2, 0) is 29.3 Å². The summed E-state index contributed by atoms with van der Waals surface area (Å²) in [4.78, 5) is 47.5. The van der Waals surface area contributed by atoms with Gasteiger partial charge in [0.25, 0.3) is 0 Å². The smallest absolute Gasteiger partial charge is 0.320 e. The van der Waals surface area contributed by atoms with Crippen LogP contribution < -0.4 is 0 Å². The Kier molecular flexibility index (Phi) is 7.68. The van der Waals surface area contributed by atoms with Gasteiger partial charge in [0.2, 0.25) is 0 Å². The molecular formula is C20H26O6. The molecule has 0 aliphatic rings. The van der Waals surface area contributed by atoms with Gasteiger partial charge in [0, 0.05) is 12.0 Å². The van der Waals surface area contributed by atoms with E-state index in [9.17, 15) is 19.2 Å². The molecule has 0 saturated carbocycles. The average Bonchev–Trinajstić information content (AvgIpc) is 2.60. The summed E-state index contributed by atoms with van der Waals surface area (Å²) in [6.45, 7) is 6.23. The van der Waals surface area contributed by atoms with Crippen LogP contribution in [0.4, 0.5) is 0 Å². The summed E-state index contributed by atoms with van der Waals surface area (Å²) in [5, 5.41) is 0. The molecule has 0 saturated heterocycles. The third-order valence-corrected chi connectivity index (χ3v) is 4.11. The predicted octanol–water partition coefficient (Wildman–Crippen LogP) is 2.87. The molecule has 0 bridgehead atoms. The number of rotatable bonds is 8. The molecule has 0 amide bonds. The molecule has 0 aliphatic heterocycles. The van der Waals surface area contributed by atoms with Crippen molar-refractivity contribution in [2.75, 3.05) is 14.2 Å². The number of ether oxygens (including phenoxy) is 2. The molecule has 6 nitrogen and oxygen atoms in total. The first-order valence-electron chi connectivity index (χ1n) is 8.41. The van der Waals surface area contributed by atoms with Gasteiger partial charge >= 0.3 is 11.9 Å². The van der Waals surface area contributed by atoms with Crippen molar-refractivity contribution in [3.8, 4) is 0 Å². The van der Waals surface area contributed by atoms with Crippen LogP contribution in [0.5, 0.6) is 0 Å². The van der Waals surface area contributed by atoms with Crippen molar-refractivity contribution in [1.82, 2.24) is 0 Å². The Labute approximate surface area is 153 Å². The Balaban J connectivity index is 2.65. The number of benzene rings is 1. The van der Waals surface area contributed by atoms with Crippen LogP contribution in [0.25, 0.3) is 0 Å². The molecule has 0 unspecified atom stereocenters. The van der Waals surface area contributed by atoms with E-state index in [1.807, 2.05) is 12.1 Å².